The molecule has 0 bridgehead atoms. The van der Waals surface area contributed by atoms with Crippen molar-refractivity contribution in [2.75, 3.05) is 47.5 Å². The molecule has 536 valence electrons. The van der Waals surface area contributed by atoms with Crippen molar-refractivity contribution in [1.29, 1.82) is 0 Å². The number of ether oxygens (including phenoxy) is 4. The Bertz CT molecular complexity index is 1590. The summed E-state index contributed by atoms with van der Waals surface area (Å²) in [4.78, 5) is 37.7. The van der Waals surface area contributed by atoms with Crippen LogP contribution in [-0.4, -0.2) is 87.4 Å². The van der Waals surface area contributed by atoms with Crippen LogP contribution < -0.4 is 0 Å². The second-order valence-corrected chi connectivity index (χ2v) is 28.7. The average Bonchev–Trinajstić information content (AvgIpc) is 3.46. The van der Waals surface area contributed by atoms with Crippen LogP contribution in [0.5, 0.6) is 0 Å². The van der Waals surface area contributed by atoms with Crippen molar-refractivity contribution >= 4 is 17.9 Å². The molecule has 0 heterocycles. The van der Waals surface area contributed by atoms with E-state index in [0.29, 0.717) is 17.4 Å². The first-order valence-corrected chi connectivity index (χ1v) is 40.2. The quantitative estimate of drug-likeness (QED) is 0.0211. The van der Waals surface area contributed by atoms with Crippen LogP contribution in [0.1, 0.15) is 412 Å². The Labute approximate surface area is 566 Å². The number of allylic oxidation sites excluding steroid dienone is 6. The Hall–Kier alpha value is -2.49. The van der Waals surface area contributed by atoms with E-state index in [9.17, 15) is 19.5 Å². The van der Waals surface area contributed by atoms with E-state index in [-0.39, 0.29) is 38.2 Å². The number of hydrogen-bond donors (Lipinski definition) is 1. The summed E-state index contributed by atoms with van der Waals surface area (Å²) >= 11 is 0. The first-order valence-electron chi connectivity index (χ1n) is 40.2. The molecular formula is C82H156NO8+. The number of nitrogens with zero attached hydrogens (tertiary/aromatic N) is 1. The fraction of sp³-hybridized carbons (Fsp3) is 0.890. The fourth-order valence-corrected chi connectivity index (χ4v) is 12.2. The van der Waals surface area contributed by atoms with Crippen LogP contribution in [0.2, 0.25) is 0 Å². The Balaban J connectivity index is 3.97. The summed E-state index contributed by atoms with van der Waals surface area (Å²) in [5.74, 6) is -1.97. The van der Waals surface area contributed by atoms with Crippen LogP contribution in [0.25, 0.3) is 0 Å². The van der Waals surface area contributed by atoms with Gasteiger partial charge in [0.1, 0.15) is 13.2 Å². The third kappa shape index (κ3) is 74.8. The molecule has 2 unspecified atom stereocenters. The van der Waals surface area contributed by atoms with E-state index < -0.39 is 18.4 Å². The van der Waals surface area contributed by atoms with E-state index in [1.165, 1.54) is 340 Å². The number of likely N-dealkylation sites (N-methyl/N-ethyl adjacent to an activating group) is 1. The van der Waals surface area contributed by atoms with Crippen LogP contribution in [-0.2, 0) is 33.3 Å². The summed E-state index contributed by atoms with van der Waals surface area (Å²) in [7, 11) is 6.00. The highest BCUT2D eigenvalue weighted by molar-refractivity contribution is 5.71. The van der Waals surface area contributed by atoms with Gasteiger partial charge in [0.25, 0.3) is 6.29 Å². The number of unbranched alkanes of at least 4 members (excludes halogenated alkanes) is 55. The molecule has 0 amide bonds. The van der Waals surface area contributed by atoms with Gasteiger partial charge < -0.3 is 28.5 Å². The van der Waals surface area contributed by atoms with Crippen LogP contribution >= 0.6 is 0 Å². The van der Waals surface area contributed by atoms with Gasteiger partial charge in [-0.15, -0.1) is 0 Å². The number of rotatable bonds is 76. The van der Waals surface area contributed by atoms with Gasteiger partial charge in [0.05, 0.1) is 34.4 Å². The van der Waals surface area contributed by atoms with Gasteiger partial charge in [-0.3, -0.25) is 9.59 Å². The molecule has 0 aliphatic rings. The predicted molar refractivity (Wildman–Crippen MR) is 392 cm³/mol. The number of carbonyl (C=O) groups is 3. The minimum absolute atomic E-state index is 0.175. The molecule has 0 aliphatic carbocycles. The van der Waals surface area contributed by atoms with Gasteiger partial charge >= 0.3 is 17.9 Å². The average molecular weight is 1280 g/mol. The highest BCUT2D eigenvalue weighted by Crippen LogP contribution is 2.20. The zero-order chi connectivity index (χ0) is 66.1. The molecule has 9 heteroatoms. The minimum Gasteiger partial charge on any atom is -0.477 e. The van der Waals surface area contributed by atoms with Gasteiger partial charge in [-0.05, 0) is 70.6 Å². The van der Waals surface area contributed by atoms with E-state index in [2.05, 4.69) is 50.3 Å². The highest BCUT2D eigenvalue weighted by Gasteiger charge is 2.25. The van der Waals surface area contributed by atoms with Crippen molar-refractivity contribution in [1.82, 2.24) is 0 Å². The van der Waals surface area contributed by atoms with E-state index in [1.807, 2.05) is 21.1 Å². The maximum absolute atomic E-state index is 13.0. The summed E-state index contributed by atoms with van der Waals surface area (Å²) in [5.41, 5.74) is 0. The van der Waals surface area contributed by atoms with E-state index in [0.717, 1.165) is 44.9 Å². The molecule has 91 heavy (non-hydrogen) atoms. The third-order valence-corrected chi connectivity index (χ3v) is 18.4. The zero-order valence-electron chi connectivity index (χ0n) is 61.5. The summed E-state index contributed by atoms with van der Waals surface area (Å²) in [6.45, 7) is 4.95. The maximum Gasteiger partial charge on any atom is 0.361 e. The summed E-state index contributed by atoms with van der Waals surface area (Å²) in [6, 6.07) is 0. The van der Waals surface area contributed by atoms with Crippen molar-refractivity contribution in [2.24, 2.45) is 0 Å². The maximum atomic E-state index is 13.0. The van der Waals surface area contributed by atoms with Crippen molar-refractivity contribution in [3.8, 4) is 0 Å². The SMILES string of the molecule is CCCCCCC/C=C\C/C=C\CCCCCCCCCCCCCCCCCCCCCCCC(=O)OC(COC(=O)CCCCCCCCCCCCCCCCCCCCCCC/C=C\CCCCCCCCCC)COC(OCC[N+](C)(C)C)C(=O)O. The standard InChI is InChI=1S/C82H155NO8/c1-6-8-10-12-14-16-18-20-22-24-26-28-30-32-34-36-38-40-42-44-46-48-50-52-54-56-58-60-62-64-66-68-70-72-79(84)89-76-78(77-90-82(81(86)87)88-75-74-83(3,4)5)91-80(85)73-71-69-67-65-63-61-59-57-55-53-51-49-47-45-43-41-39-37-35-33-31-29-27-25-23-21-19-17-15-13-11-9-7-2/h19,21,24-27,78,82H,6-18,20,22-23,28-77H2,1-5H3/p+1/b21-19-,26-24-,27-25-. The first-order chi connectivity index (χ1) is 44.6. The van der Waals surface area contributed by atoms with Gasteiger partial charge in [-0.2, -0.15) is 0 Å². The number of carboxylic acid groups (broad SMARTS) is 1. The van der Waals surface area contributed by atoms with Crippen LogP contribution in [0, 0.1) is 0 Å². The summed E-state index contributed by atoms with van der Waals surface area (Å²) in [5, 5.41) is 9.77. The lowest BCUT2D eigenvalue weighted by atomic mass is 10.0. The van der Waals surface area contributed by atoms with Crippen LogP contribution in [0.3, 0.4) is 0 Å². The van der Waals surface area contributed by atoms with Gasteiger partial charge in [-0.25, -0.2) is 4.79 Å². The smallest absolute Gasteiger partial charge is 0.361 e. The Morgan fingerprint density at radius 3 is 0.879 bits per heavy atom. The Morgan fingerprint density at radius 2 is 0.593 bits per heavy atom. The molecule has 0 aromatic heterocycles. The molecule has 0 aromatic carbocycles. The molecule has 0 aromatic rings. The van der Waals surface area contributed by atoms with Crippen LogP contribution in [0.4, 0.5) is 0 Å². The number of esters is 2. The van der Waals surface area contributed by atoms with Crippen molar-refractivity contribution in [2.45, 2.75) is 424 Å². The van der Waals surface area contributed by atoms with Crippen molar-refractivity contribution in [3.05, 3.63) is 36.5 Å². The molecule has 9 nitrogen and oxygen atoms in total. The topological polar surface area (TPSA) is 108 Å². The monoisotopic (exact) mass is 1280 g/mol. The molecule has 0 rings (SSSR count). The van der Waals surface area contributed by atoms with Gasteiger partial charge in [0, 0.05) is 12.8 Å². The van der Waals surface area contributed by atoms with Crippen molar-refractivity contribution < 1.29 is 42.9 Å². The number of carbonyl (C=O) groups excluding carboxylic acids is 2. The largest absolute Gasteiger partial charge is 0.477 e. The van der Waals surface area contributed by atoms with Gasteiger partial charge in [-0.1, -0.05) is 365 Å². The van der Waals surface area contributed by atoms with E-state index >= 15 is 0 Å². The van der Waals surface area contributed by atoms with Gasteiger partial charge in [0.2, 0.25) is 0 Å². The van der Waals surface area contributed by atoms with Crippen molar-refractivity contribution in [3.63, 3.8) is 0 Å². The number of hydrogen-bond acceptors (Lipinski definition) is 7. The number of carboxylic acids is 1. The highest BCUT2D eigenvalue weighted by atomic mass is 16.7. The molecule has 0 fully saturated rings. The molecule has 1 N–H and O–H groups in total. The number of aliphatic carboxylic acids is 1. The summed E-state index contributed by atoms with van der Waals surface area (Å²) in [6.07, 6.45) is 91.6. The first kappa shape index (κ1) is 88.5. The molecule has 0 spiro atoms. The Morgan fingerprint density at radius 1 is 0.330 bits per heavy atom. The zero-order valence-corrected chi connectivity index (χ0v) is 61.5. The third-order valence-electron chi connectivity index (χ3n) is 18.4. The predicted octanol–water partition coefficient (Wildman–Crippen LogP) is 25.5. The fourth-order valence-electron chi connectivity index (χ4n) is 12.2. The van der Waals surface area contributed by atoms with Gasteiger partial charge in [0.15, 0.2) is 6.10 Å². The second-order valence-electron chi connectivity index (χ2n) is 28.7. The summed E-state index contributed by atoms with van der Waals surface area (Å²) < 4.78 is 23.1. The lowest BCUT2D eigenvalue weighted by molar-refractivity contribution is -0.870. The molecular weight excluding hydrogens is 1130 g/mol. The van der Waals surface area contributed by atoms with E-state index in [4.69, 9.17) is 18.9 Å². The molecule has 0 radical (unpaired) electrons. The molecule has 0 saturated carbocycles. The second kappa shape index (κ2) is 73.3. The lowest BCUT2D eigenvalue weighted by Gasteiger charge is -2.25. The van der Waals surface area contributed by atoms with E-state index in [1.54, 1.807) is 0 Å². The Kier molecular flexibility index (Phi) is 71.3. The molecule has 2 atom stereocenters. The molecule has 0 aliphatic heterocycles. The minimum atomic E-state index is -1.51. The van der Waals surface area contributed by atoms with Crippen LogP contribution in [0.15, 0.2) is 36.5 Å². The lowest BCUT2D eigenvalue weighted by Crippen LogP contribution is -2.40. The molecule has 0 saturated heterocycles. The number of quaternary nitrogens is 1. The normalized spacial score (nSPS) is 12.8.